The fourth-order valence-corrected chi connectivity index (χ4v) is 4.83. The minimum Gasteiger partial charge on any atom is -0.490 e. The quantitative estimate of drug-likeness (QED) is 0.163. The number of carbonyl (C=O) groups excluding carboxylic acids is 1. The van der Waals surface area contributed by atoms with Crippen LogP contribution in [0, 0.1) is 5.92 Å². The van der Waals surface area contributed by atoms with E-state index in [-0.39, 0.29) is 29.4 Å². The zero-order valence-electron chi connectivity index (χ0n) is 21.5. The zero-order chi connectivity index (χ0) is 26.7. The summed E-state index contributed by atoms with van der Waals surface area (Å²) in [7, 11) is 0. The van der Waals surface area contributed by atoms with Crippen molar-refractivity contribution in [1.82, 2.24) is 0 Å². The maximum absolute atomic E-state index is 13.9. The van der Waals surface area contributed by atoms with Crippen molar-refractivity contribution in [1.29, 1.82) is 0 Å². The number of alkyl halides is 3. The Labute approximate surface area is 215 Å². The molecule has 4 rings (SSSR count). The summed E-state index contributed by atoms with van der Waals surface area (Å²) in [6.07, 6.45) is -0.0306. The van der Waals surface area contributed by atoms with Crippen LogP contribution in [0.4, 0.5) is 13.2 Å². The van der Waals surface area contributed by atoms with Crippen molar-refractivity contribution in [3.8, 4) is 17.1 Å². The molecule has 0 bridgehead atoms. The van der Waals surface area contributed by atoms with Gasteiger partial charge in [0.2, 0.25) is 0 Å². The first-order chi connectivity index (χ1) is 17.6. The number of carbonyl (C=O) groups is 1. The largest absolute Gasteiger partial charge is 0.490 e. The summed E-state index contributed by atoms with van der Waals surface area (Å²) in [5.41, 5.74) is 0.817. The van der Waals surface area contributed by atoms with Crippen LogP contribution in [0.15, 0.2) is 59.0 Å². The van der Waals surface area contributed by atoms with Gasteiger partial charge in [-0.1, -0.05) is 45.4 Å². The molecule has 1 aliphatic carbocycles. The second-order valence-electron chi connectivity index (χ2n) is 9.96. The van der Waals surface area contributed by atoms with Crippen LogP contribution in [0.25, 0.3) is 22.3 Å². The van der Waals surface area contributed by atoms with Crippen molar-refractivity contribution in [3.05, 3.63) is 65.7 Å². The summed E-state index contributed by atoms with van der Waals surface area (Å²) in [6, 6.07) is 11.4. The van der Waals surface area contributed by atoms with Crippen molar-refractivity contribution < 1.29 is 31.9 Å². The van der Waals surface area contributed by atoms with E-state index in [9.17, 15) is 18.0 Å². The highest BCUT2D eigenvalue weighted by molar-refractivity contribution is 5.87. The molecule has 7 heteroatoms. The number of benzene rings is 2. The Morgan fingerprint density at radius 1 is 1.08 bits per heavy atom. The van der Waals surface area contributed by atoms with E-state index in [1.54, 1.807) is 37.3 Å². The smallest absolute Gasteiger partial charge is 0.417 e. The first kappa shape index (κ1) is 26.8. The Morgan fingerprint density at radius 3 is 2.54 bits per heavy atom. The molecule has 4 nitrogen and oxygen atoms in total. The van der Waals surface area contributed by atoms with E-state index >= 15 is 0 Å². The number of esters is 1. The lowest BCUT2D eigenvalue weighted by molar-refractivity contribution is -0.146. The highest BCUT2D eigenvalue weighted by Gasteiger charge is 2.37. The third-order valence-electron chi connectivity index (χ3n) is 7.02. The number of ether oxygens (including phenoxy) is 2. The van der Waals surface area contributed by atoms with Crippen LogP contribution in [-0.2, 0) is 22.1 Å². The number of hydrogen-bond donors (Lipinski definition) is 0. The van der Waals surface area contributed by atoms with Gasteiger partial charge in [0.15, 0.2) is 0 Å². The third kappa shape index (κ3) is 6.20. The monoisotopic (exact) mass is 514 g/mol. The van der Waals surface area contributed by atoms with Crippen LogP contribution in [-0.4, -0.2) is 18.2 Å². The maximum Gasteiger partial charge on any atom is 0.417 e. The van der Waals surface area contributed by atoms with Crippen LogP contribution in [0.3, 0.4) is 0 Å². The summed E-state index contributed by atoms with van der Waals surface area (Å²) in [6.45, 7) is 9.27. The number of unbranched alkanes of at least 4 members (excludes halogenated alkanes) is 2. The number of hydrogen-bond acceptors (Lipinski definition) is 4. The fourth-order valence-electron chi connectivity index (χ4n) is 4.83. The molecule has 0 N–H and O–H groups in total. The number of fused-ring (bicyclic) bond motifs is 1. The lowest BCUT2D eigenvalue weighted by Crippen LogP contribution is -2.28. The molecule has 1 saturated carbocycles. The Hall–Kier alpha value is -3.22. The van der Waals surface area contributed by atoms with Crippen molar-refractivity contribution in [2.24, 2.45) is 5.92 Å². The van der Waals surface area contributed by atoms with E-state index in [1.807, 2.05) is 6.92 Å². The van der Waals surface area contributed by atoms with Gasteiger partial charge in [-0.3, -0.25) is 0 Å². The zero-order valence-corrected chi connectivity index (χ0v) is 21.5. The molecule has 0 amide bonds. The molecule has 3 atom stereocenters. The lowest BCUT2D eigenvalue weighted by Gasteiger charge is -2.22. The summed E-state index contributed by atoms with van der Waals surface area (Å²) in [5.74, 6) is 0.297. The molecular weight excluding hydrogens is 481 g/mol. The molecule has 0 spiro atoms. The van der Waals surface area contributed by atoms with E-state index in [0.29, 0.717) is 40.7 Å². The predicted molar refractivity (Wildman–Crippen MR) is 137 cm³/mol. The van der Waals surface area contributed by atoms with E-state index in [4.69, 9.17) is 13.9 Å². The second-order valence-corrected chi connectivity index (χ2v) is 9.96. The number of aryl methyl sites for hydroxylation is 1. The van der Waals surface area contributed by atoms with Crippen LogP contribution >= 0.6 is 0 Å². The summed E-state index contributed by atoms with van der Waals surface area (Å²) in [4.78, 5) is 11.9. The highest BCUT2D eigenvalue weighted by atomic mass is 19.4. The second kappa shape index (κ2) is 11.0. The first-order valence-corrected chi connectivity index (χ1v) is 12.8. The highest BCUT2D eigenvalue weighted by Crippen LogP contribution is 2.40. The number of rotatable bonds is 9. The van der Waals surface area contributed by atoms with E-state index < -0.39 is 17.7 Å². The van der Waals surface area contributed by atoms with Gasteiger partial charge in [-0.2, -0.15) is 13.2 Å². The summed E-state index contributed by atoms with van der Waals surface area (Å²) >= 11 is 0. The van der Waals surface area contributed by atoms with Crippen molar-refractivity contribution in [2.75, 3.05) is 0 Å². The molecule has 1 fully saturated rings. The third-order valence-corrected chi connectivity index (χ3v) is 7.02. The topological polar surface area (TPSA) is 48.7 Å². The van der Waals surface area contributed by atoms with Crippen LogP contribution in [0.2, 0.25) is 0 Å². The molecule has 1 heterocycles. The molecule has 3 unspecified atom stereocenters. The minimum absolute atomic E-state index is 0.0173. The van der Waals surface area contributed by atoms with Crippen LogP contribution < -0.4 is 4.74 Å². The van der Waals surface area contributed by atoms with Gasteiger partial charge in [-0.25, -0.2) is 4.79 Å². The lowest BCUT2D eigenvalue weighted by atomic mass is 9.98. The van der Waals surface area contributed by atoms with Gasteiger partial charge in [0.1, 0.15) is 29.3 Å². The molecule has 37 heavy (non-hydrogen) atoms. The average molecular weight is 515 g/mol. The minimum atomic E-state index is -4.49. The Kier molecular flexibility index (Phi) is 8.00. The van der Waals surface area contributed by atoms with Gasteiger partial charge in [0.05, 0.1) is 5.56 Å². The standard InChI is InChI=1S/C30H33F3O4/c1-5-6-7-8-20-9-12-23(24(15-20)30(31,32)33)28-16-21-10-11-22(17-27(21)36-28)35-25-13-14-26(19(25)4)37-29(34)18(2)3/h9-12,15-17,19,25-26H,2,5-8,13-14H2,1,3-4H3. The van der Waals surface area contributed by atoms with E-state index in [0.717, 1.165) is 25.7 Å². The van der Waals surface area contributed by atoms with E-state index in [2.05, 4.69) is 13.5 Å². The van der Waals surface area contributed by atoms with Gasteiger partial charge in [0, 0.05) is 28.5 Å². The first-order valence-electron chi connectivity index (χ1n) is 12.8. The average Bonchev–Trinajstić information content (AvgIpc) is 3.42. The molecular formula is C30H33F3O4. The maximum atomic E-state index is 13.9. The van der Waals surface area contributed by atoms with Crippen LogP contribution in [0.1, 0.15) is 64.0 Å². The van der Waals surface area contributed by atoms with Crippen LogP contribution in [0.5, 0.6) is 5.75 Å². The number of furan rings is 1. The van der Waals surface area contributed by atoms with Crippen molar-refractivity contribution >= 4 is 16.9 Å². The molecule has 1 aromatic heterocycles. The normalized spacial score (nSPS) is 19.8. The molecule has 1 aliphatic rings. The van der Waals surface area contributed by atoms with Gasteiger partial charge >= 0.3 is 12.1 Å². The molecule has 0 saturated heterocycles. The van der Waals surface area contributed by atoms with E-state index in [1.165, 1.54) is 12.1 Å². The summed E-state index contributed by atoms with van der Waals surface area (Å²) < 4.78 is 59.4. The van der Waals surface area contributed by atoms with Crippen molar-refractivity contribution in [3.63, 3.8) is 0 Å². The fraction of sp³-hybridized carbons (Fsp3) is 0.433. The van der Waals surface area contributed by atoms with Gasteiger partial charge < -0.3 is 13.9 Å². The SMILES string of the molecule is C=C(C)C(=O)OC1CCC(Oc2ccc3cc(-c4ccc(CCCCC)cc4C(F)(F)F)oc3c2)C1C. The summed E-state index contributed by atoms with van der Waals surface area (Å²) in [5, 5.41) is 0.690. The Morgan fingerprint density at radius 2 is 1.84 bits per heavy atom. The molecule has 0 radical (unpaired) electrons. The number of halogens is 3. The molecule has 3 aromatic rings. The van der Waals surface area contributed by atoms with Gasteiger partial charge in [-0.15, -0.1) is 0 Å². The Balaban J connectivity index is 1.54. The Bertz CT molecular complexity index is 1270. The van der Waals surface area contributed by atoms with Crippen molar-refractivity contribution in [2.45, 2.75) is 77.7 Å². The molecule has 0 aliphatic heterocycles. The van der Waals surface area contributed by atoms with Gasteiger partial charge in [0.25, 0.3) is 0 Å². The predicted octanol–water partition coefficient (Wildman–Crippen LogP) is 8.52. The molecule has 198 valence electrons. The molecule has 2 aromatic carbocycles. The van der Waals surface area contributed by atoms with Gasteiger partial charge in [-0.05, 0) is 62.4 Å².